The van der Waals surface area contributed by atoms with Crippen LogP contribution in [0.2, 0.25) is 0 Å². The van der Waals surface area contributed by atoms with Crippen LogP contribution in [0.5, 0.6) is 0 Å². The predicted molar refractivity (Wildman–Crippen MR) is 78.1 cm³/mol. The maximum Gasteiger partial charge on any atom is 0.110 e. The Balaban J connectivity index is 2.05. The zero-order valence-corrected chi connectivity index (χ0v) is 12.6. The number of nitrogens with one attached hydrogen (secondary N) is 1. The van der Waals surface area contributed by atoms with Crippen LogP contribution in [0, 0.1) is 6.92 Å². The number of aromatic nitrogens is 1. The van der Waals surface area contributed by atoms with Crippen molar-refractivity contribution in [1.29, 1.82) is 0 Å². The first-order valence-corrected chi connectivity index (χ1v) is 8.66. The van der Waals surface area contributed by atoms with Gasteiger partial charge in [0.15, 0.2) is 0 Å². The molecular formula is C13H22N2S2. The minimum absolute atomic E-state index is 0.485. The molecule has 1 aliphatic rings. The zero-order valence-electron chi connectivity index (χ0n) is 11.0. The van der Waals surface area contributed by atoms with E-state index < -0.39 is 0 Å². The first-order valence-electron chi connectivity index (χ1n) is 6.45. The van der Waals surface area contributed by atoms with Crippen LogP contribution in [0.15, 0.2) is 0 Å². The summed E-state index contributed by atoms with van der Waals surface area (Å²) in [5.74, 6) is 1.21. The minimum atomic E-state index is 0.485. The highest BCUT2D eigenvalue weighted by atomic mass is 32.2. The van der Waals surface area contributed by atoms with E-state index in [1.165, 1.54) is 40.6 Å². The van der Waals surface area contributed by atoms with Gasteiger partial charge in [-0.2, -0.15) is 11.8 Å². The third kappa shape index (κ3) is 3.70. The Hall–Kier alpha value is -0.0600. The summed E-state index contributed by atoms with van der Waals surface area (Å²) in [6.45, 7) is 4.39. The Kier molecular flexibility index (Phi) is 4.88. The van der Waals surface area contributed by atoms with Crippen LogP contribution < -0.4 is 5.32 Å². The molecule has 0 saturated heterocycles. The first-order chi connectivity index (χ1) is 8.24. The van der Waals surface area contributed by atoms with Gasteiger partial charge in [0.2, 0.25) is 0 Å². The van der Waals surface area contributed by atoms with Crippen molar-refractivity contribution in [2.75, 3.05) is 12.0 Å². The highest BCUT2D eigenvalue weighted by Gasteiger charge is 2.26. The molecule has 1 saturated carbocycles. The molecule has 1 unspecified atom stereocenters. The van der Waals surface area contributed by atoms with Crippen molar-refractivity contribution in [3.05, 3.63) is 15.6 Å². The largest absolute Gasteiger partial charge is 0.305 e. The molecule has 0 radical (unpaired) electrons. The standard InChI is InChI=1S/C13H22N2S2/c1-4-11-9(2)17-13(15-11)12(7-8-16-3)14-10-5-6-10/h10,12,14H,4-8H2,1-3H3. The summed E-state index contributed by atoms with van der Waals surface area (Å²) >= 11 is 3.81. The van der Waals surface area contributed by atoms with Crippen LogP contribution in [0.25, 0.3) is 0 Å². The maximum absolute atomic E-state index is 4.81. The zero-order chi connectivity index (χ0) is 12.3. The van der Waals surface area contributed by atoms with E-state index in [0.717, 1.165) is 12.5 Å². The molecule has 0 aromatic carbocycles. The predicted octanol–water partition coefficient (Wildman–Crippen LogP) is 3.56. The molecule has 0 spiro atoms. The van der Waals surface area contributed by atoms with Crippen molar-refractivity contribution in [3.63, 3.8) is 0 Å². The van der Waals surface area contributed by atoms with Crippen molar-refractivity contribution < 1.29 is 0 Å². The van der Waals surface area contributed by atoms with Gasteiger partial charge in [-0.05, 0) is 44.6 Å². The molecule has 17 heavy (non-hydrogen) atoms. The number of hydrogen-bond acceptors (Lipinski definition) is 4. The quantitative estimate of drug-likeness (QED) is 0.820. The number of rotatable bonds is 7. The summed E-state index contributed by atoms with van der Waals surface area (Å²) in [6, 6.07) is 1.25. The molecule has 1 heterocycles. The van der Waals surface area contributed by atoms with Crippen LogP contribution >= 0.6 is 23.1 Å². The van der Waals surface area contributed by atoms with E-state index in [1.807, 2.05) is 23.1 Å². The van der Waals surface area contributed by atoms with Gasteiger partial charge in [-0.15, -0.1) is 11.3 Å². The molecular weight excluding hydrogens is 248 g/mol. The summed E-state index contributed by atoms with van der Waals surface area (Å²) in [5.41, 5.74) is 1.29. The van der Waals surface area contributed by atoms with Gasteiger partial charge in [-0.25, -0.2) is 4.98 Å². The molecule has 96 valence electrons. The third-order valence-electron chi connectivity index (χ3n) is 3.17. The lowest BCUT2D eigenvalue weighted by atomic mass is 10.2. The Morgan fingerprint density at radius 3 is 2.82 bits per heavy atom. The van der Waals surface area contributed by atoms with Gasteiger partial charge in [0.25, 0.3) is 0 Å². The maximum atomic E-state index is 4.81. The molecule has 4 heteroatoms. The molecule has 1 N–H and O–H groups in total. The van der Waals surface area contributed by atoms with Crippen LogP contribution in [-0.4, -0.2) is 23.0 Å². The number of aryl methyl sites for hydroxylation is 2. The van der Waals surface area contributed by atoms with Gasteiger partial charge in [-0.3, -0.25) is 0 Å². The van der Waals surface area contributed by atoms with Gasteiger partial charge >= 0.3 is 0 Å². The molecule has 0 amide bonds. The molecule has 1 atom stereocenters. The average molecular weight is 270 g/mol. The first kappa shape index (κ1) is 13.4. The summed E-state index contributed by atoms with van der Waals surface area (Å²) in [7, 11) is 0. The highest BCUT2D eigenvalue weighted by molar-refractivity contribution is 7.98. The van der Waals surface area contributed by atoms with Crippen molar-refractivity contribution in [2.45, 2.75) is 51.6 Å². The van der Waals surface area contributed by atoms with Crippen molar-refractivity contribution in [1.82, 2.24) is 10.3 Å². The fraction of sp³-hybridized carbons (Fsp3) is 0.769. The molecule has 1 aromatic rings. The van der Waals surface area contributed by atoms with Crippen LogP contribution in [0.3, 0.4) is 0 Å². The van der Waals surface area contributed by atoms with E-state index in [-0.39, 0.29) is 0 Å². The summed E-state index contributed by atoms with van der Waals surface area (Å²) in [5, 5.41) is 5.05. The lowest BCUT2D eigenvalue weighted by molar-refractivity contribution is 0.516. The molecule has 1 aliphatic carbocycles. The Morgan fingerprint density at radius 2 is 2.29 bits per heavy atom. The van der Waals surface area contributed by atoms with Gasteiger partial charge < -0.3 is 5.32 Å². The Bertz CT molecular complexity index is 358. The third-order valence-corrected chi connectivity index (χ3v) is 4.94. The van der Waals surface area contributed by atoms with Gasteiger partial charge in [-0.1, -0.05) is 6.92 Å². The Labute approximate surface area is 113 Å². The van der Waals surface area contributed by atoms with Crippen LogP contribution in [0.1, 0.15) is 47.8 Å². The topological polar surface area (TPSA) is 24.9 Å². The number of thiazole rings is 1. The lowest BCUT2D eigenvalue weighted by Crippen LogP contribution is -2.24. The van der Waals surface area contributed by atoms with E-state index in [1.54, 1.807) is 0 Å². The summed E-state index contributed by atoms with van der Waals surface area (Å²) in [6.07, 6.45) is 7.13. The number of nitrogens with zero attached hydrogens (tertiary/aromatic N) is 1. The summed E-state index contributed by atoms with van der Waals surface area (Å²) < 4.78 is 0. The summed E-state index contributed by atoms with van der Waals surface area (Å²) in [4.78, 5) is 6.21. The van der Waals surface area contributed by atoms with E-state index in [4.69, 9.17) is 4.98 Å². The molecule has 1 fully saturated rings. The fourth-order valence-corrected chi connectivity index (χ4v) is 3.55. The number of hydrogen-bond donors (Lipinski definition) is 1. The van der Waals surface area contributed by atoms with Gasteiger partial charge in [0.1, 0.15) is 5.01 Å². The van der Waals surface area contributed by atoms with Gasteiger partial charge in [0, 0.05) is 10.9 Å². The lowest BCUT2D eigenvalue weighted by Gasteiger charge is -2.15. The van der Waals surface area contributed by atoms with Crippen molar-refractivity contribution in [2.24, 2.45) is 0 Å². The van der Waals surface area contributed by atoms with E-state index in [0.29, 0.717) is 6.04 Å². The average Bonchev–Trinajstić information content (AvgIpc) is 3.06. The molecule has 1 aromatic heterocycles. The Morgan fingerprint density at radius 1 is 1.53 bits per heavy atom. The van der Waals surface area contributed by atoms with E-state index >= 15 is 0 Å². The van der Waals surface area contributed by atoms with Gasteiger partial charge in [0.05, 0.1) is 11.7 Å². The van der Waals surface area contributed by atoms with Crippen LogP contribution in [-0.2, 0) is 6.42 Å². The van der Waals surface area contributed by atoms with Crippen LogP contribution in [0.4, 0.5) is 0 Å². The van der Waals surface area contributed by atoms with E-state index in [2.05, 4.69) is 25.4 Å². The smallest absolute Gasteiger partial charge is 0.110 e. The highest BCUT2D eigenvalue weighted by Crippen LogP contribution is 2.30. The fourth-order valence-electron chi connectivity index (χ4n) is 1.98. The SMILES string of the molecule is CCc1nc(C(CCSC)NC2CC2)sc1C. The second-order valence-electron chi connectivity index (χ2n) is 4.68. The minimum Gasteiger partial charge on any atom is -0.305 e. The number of thioether (sulfide) groups is 1. The van der Waals surface area contributed by atoms with Crippen molar-refractivity contribution in [3.8, 4) is 0 Å². The normalized spacial score (nSPS) is 17.4. The second kappa shape index (κ2) is 6.21. The molecule has 2 nitrogen and oxygen atoms in total. The second-order valence-corrected chi connectivity index (χ2v) is 6.90. The molecule has 2 rings (SSSR count). The molecule has 0 aliphatic heterocycles. The monoisotopic (exact) mass is 270 g/mol. The molecule has 0 bridgehead atoms. The van der Waals surface area contributed by atoms with E-state index in [9.17, 15) is 0 Å². The van der Waals surface area contributed by atoms with Crippen molar-refractivity contribution >= 4 is 23.1 Å².